The lowest BCUT2D eigenvalue weighted by Gasteiger charge is -2.09. The third kappa shape index (κ3) is 5.99. The number of anilines is 1. The molecule has 8 heteroatoms. The Hall–Kier alpha value is -3.06. The number of benzene rings is 2. The summed E-state index contributed by atoms with van der Waals surface area (Å²) in [5, 5.41) is 17.1. The number of phenols is 1. The van der Waals surface area contributed by atoms with E-state index in [1.807, 2.05) is 6.92 Å². The summed E-state index contributed by atoms with van der Waals surface area (Å²) < 4.78 is 5.00. The number of halogens is 1. The molecule has 7 nitrogen and oxygen atoms in total. The van der Waals surface area contributed by atoms with E-state index in [4.69, 9.17) is 16.3 Å². The van der Waals surface area contributed by atoms with Gasteiger partial charge in [-0.1, -0.05) is 23.7 Å². The van der Waals surface area contributed by atoms with Crippen LogP contribution in [0.2, 0.25) is 5.02 Å². The Bertz CT molecular complexity index is 884. The second-order valence-electron chi connectivity index (χ2n) is 6.01. The van der Waals surface area contributed by atoms with Gasteiger partial charge in [-0.25, -0.2) is 5.43 Å². The molecule has 0 saturated carbocycles. The van der Waals surface area contributed by atoms with E-state index in [1.165, 1.54) is 13.3 Å². The van der Waals surface area contributed by atoms with Crippen LogP contribution in [0.4, 0.5) is 5.69 Å². The van der Waals surface area contributed by atoms with E-state index < -0.39 is 0 Å². The van der Waals surface area contributed by atoms with E-state index in [0.717, 1.165) is 5.56 Å². The van der Waals surface area contributed by atoms with Gasteiger partial charge >= 0.3 is 0 Å². The molecule has 0 aliphatic heterocycles. The third-order valence-corrected chi connectivity index (χ3v) is 4.40. The number of amides is 2. The molecule has 0 heterocycles. The van der Waals surface area contributed by atoms with Crippen LogP contribution in [0.5, 0.6) is 11.5 Å². The van der Waals surface area contributed by atoms with Gasteiger partial charge in [-0.15, -0.1) is 0 Å². The Morgan fingerprint density at radius 2 is 1.89 bits per heavy atom. The van der Waals surface area contributed by atoms with Crippen LogP contribution >= 0.6 is 11.6 Å². The monoisotopic (exact) mass is 403 g/mol. The van der Waals surface area contributed by atoms with E-state index in [-0.39, 0.29) is 30.4 Å². The predicted molar refractivity (Wildman–Crippen MR) is 109 cm³/mol. The number of aromatic hydroxyl groups is 1. The van der Waals surface area contributed by atoms with Crippen molar-refractivity contribution in [1.29, 1.82) is 0 Å². The summed E-state index contributed by atoms with van der Waals surface area (Å²) in [5.74, 6) is -0.263. The summed E-state index contributed by atoms with van der Waals surface area (Å²) in [6.45, 7) is 1.82. The zero-order chi connectivity index (χ0) is 20.5. The third-order valence-electron chi connectivity index (χ3n) is 3.99. The molecular weight excluding hydrogens is 382 g/mol. The average Bonchev–Trinajstić information content (AvgIpc) is 2.67. The van der Waals surface area contributed by atoms with Crippen LogP contribution in [0.15, 0.2) is 41.5 Å². The number of nitrogens with one attached hydrogen (secondary N) is 2. The van der Waals surface area contributed by atoms with Gasteiger partial charge in [0, 0.05) is 29.1 Å². The number of ether oxygens (including phenoxy) is 1. The fourth-order valence-electron chi connectivity index (χ4n) is 2.40. The number of nitrogens with zero attached hydrogens (tertiary/aromatic N) is 1. The minimum atomic E-state index is -0.328. The van der Waals surface area contributed by atoms with Crippen molar-refractivity contribution in [2.45, 2.75) is 26.2 Å². The SMILES string of the molecule is COc1cccc(/C=N\NC(=O)CCCC(=O)Nc2cccc(Cl)c2C)c1O. The van der Waals surface area contributed by atoms with Crippen LogP contribution in [-0.2, 0) is 9.59 Å². The lowest BCUT2D eigenvalue weighted by Crippen LogP contribution is -2.18. The first-order chi connectivity index (χ1) is 13.4. The standard InChI is InChI=1S/C20H22ClN3O4/c1-13-15(21)7-4-8-16(13)23-18(25)10-5-11-19(26)24-22-12-14-6-3-9-17(28-2)20(14)27/h3-4,6-9,12,27H,5,10-11H2,1-2H3,(H,23,25)(H,24,26)/b22-12-. The lowest BCUT2D eigenvalue weighted by atomic mass is 10.2. The van der Waals surface area contributed by atoms with Gasteiger partial charge in [-0.05, 0) is 43.2 Å². The van der Waals surface area contributed by atoms with E-state index in [0.29, 0.717) is 28.4 Å². The first-order valence-corrected chi connectivity index (χ1v) is 9.03. The number of phenolic OH excluding ortho intramolecular Hbond substituents is 1. The molecule has 0 saturated heterocycles. The molecule has 0 radical (unpaired) electrons. The fourth-order valence-corrected chi connectivity index (χ4v) is 2.58. The maximum Gasteiger partial charge on any atom is 0.240 e. The number of hydrogen-bond donors (Lipinski definition) is 3. The van der Waals surface area contributed by atoms with Crippen molar-refractivity contribution >= 4 is 35.3 Å². The van der Waals surface area contributed by atoms with E-state index in [9.17, 15) is 14.7 Å². The highest BCUT2D eigenvalue weighted by Gasteiger charge is 2.08. The number of methoxy groups -OCH3 is 1. The summed E-state index contributed by atoms with van der Waals surface area (Å²) in [6, 6.07) is 10.2. The summed E-state index contributed by atoms with van der Waals surface area (Å²) in [7, 11) is 1.45. The van der Waals surface area contributed by atoms with Crippen molar-refractivity contribution in [3.8, 4) is 11.5 Å². The van der Waals surface area contributed by atoms with Crippen molar-refractivity contribution < 1.29 is 19.4 Å². The van der Waals surface area contributed by atoms with Crippen molar-refractivity contribution in [3.63, 3.8) is 0 Å². The van der Waals surface area contributed by atoms with Gasteiger partial charge in [0.1, 0.15) is 0 Å². The minimum absolute atomic E-state index is 0.0593. The number of hydrazone groups is 1. The molecule has 0 fully saturated rings. The van der Waals surface area contributed by atoms with Crippen LogP contribution < -0.4 is 15.5 Å². The van der Waals surface area contributed by atoms with Gasteiger partial charge in [0.05, 0.1) is 13.3 Å². The molecule has 2 aromatic carbocycles. The van der Waals surface area contributed by atoms with E-state index >= 15 is 0 Å². The minimum Gasteiger partial charge on any atom is -0.504 e. The molecule has 3 N–H and O–H groups in total. The van der Waals surface area contributed by atoms with Crippen molar-refractivity contribution in [2.24, 2.45) is 5.10 Å². The summed E-state index contributed by atoms with van der Waals surface area (Å²) in [4.78, 5) is 23.8. The van der Waals surface area contributed by atoms with Gasteiger partial charge in [-0.3, -0.25) is 9.59 Å². The molecule has 28 heavy (non-hydrogen) atoms. The highest BCUT2D eigenvalue weighted by molar-refractivity contribution is 6.31. The number of carbonyl (C=O) groups is 2. The Kier molecular flexibility index (Phi) is 7.83. The number of rotatable bonds is 8. The Balaban J connectivity index is 1.75. The molecule has 0 bridgehead atoms. The van der Waals surface area contributed by atoms with Crippen LogP contribution in [0, 0.1) is 6.92 Å². The molecule has 2 amide bonds. The van der Waals surface area contributed by atoms with E-state index in [1.54, 1.807) is 36.4 Å². The van der Waals surface area contributed by atoms with Gasteiger partial charge in [0.25, 0.3) is 0 Å². The van der Waals surface area contributed by atoms with Crippen molar-refractivity contribution in [3.05, 3.63) is 52.5 Å². The summed E-state index contributed by atoms with van der Waals surface area (Å²) in [5.41, 5.74) is 4.23. The zero-order valence-electron chi connectivity index (χ0n) is 15.7. The smallest absolute Gasteiger partial charge is 0.240 e. The van der Waals surface area contributed by atoms with E-state index in [2.05, 4.69) is 15.8 Å². The second-order valence-corrected chi connectivity index (χ2v) is 6.41. The summed E-state index contributed by atoms with van der Waals surface area (Å²) in [6.07, 6.45) is 2.03. The maximum absolute atomic E-state index is 12.0. The number of para-hydroxylation sites is 1. The van der Waals surface area contributed by atoms with Crippen LogP contribution in [0.3, 0.4) is 0 Å². The molecule has 2 rings (SSSR count). The van der Waals surface area contributed by atoms with Gasteiger partial charge < -0.3 is 15.2 Å². The average molecular weight is 404 g/mol. The molecule has 0 aliphatic carbocycles. The summed E-state index contributed by atoms with van der Waals surface area (Å²) >= 11 is 6.02. The van der Waals surface area contributed by atoms with Crippen LogP contribution in [-0.4, -0.2) is 30.2 Å². The molecule has 148 valence electrons. The highest BCUT2D eigenvalue weighted by Crippen LogP contribution is 2.28. The molecule has 0 aliphatic rings. The molecule has 0 aromatic heterocycles. The van der Waals surface area contributed by atoms with Gasteiger partial charge in [0.2, 0.25) is 11.8 Å². The first kappa shape index (κ1) is 21.2. The number of hydrogen-bond acceptors (Lipinski definition) is 5. The van der Waals surface area contributed by atoms with Gasteiger partial charge in [-0.2, -0.15) is 5.10 Å². The molecule has 2 aromatic rings. The first-order valence-electron chi connectivity index (χ1n) is 8.65. The molecule has 0 unspecified atom stereocenters. The topological polar surface area (TPSA) is 100 Å². The normalized spacial score (nSPS) is 10.7. The Morgan fingerprint density at radius 3 is 2.64 bits per heavy atom. The highest BCUT2D eigenvalue weighted by atomic mass is 35.5. The quantitative estimate of drug-likeness (QED) is 0.463. The van der Waals surface area contributed by atoms with Gasteiger partial charge in [0.15, 0.2) is 11.5 Å². The van der Waals surface area contributed by atoms with Crippen molar-refractivity contribution in [2.75, 3.05) is 12.4 Å². The Morgan fingerprint density at radius 1 is 1.18 bits per heavy atom. The second kappa shape index (κ2) is 10.3. The number of carbonyl (C=O) groups excluding carboxylic acids is 2. The lowest BCUT2D eigenvalue weighted by molar-refractivity contribution is -0.121. The zero-order valence-corrected chi connectivity index (χ0v) is 16.4. The van der Waals surface area contributed by atoms with Crippen LogP contribution in [0.25, 0.3) is 0 Å². The Labute approximate surface area is 168 Å². The molecule has 0 spiro atoms. The van der Waals surface area contributed by atoms with Crippen molar-refractivity contribution in [1.82, 2.24) is 5.43 Å². The molecule has 0 atom stereocenters. The fraction of sp³-hybridized carbons (Fsp3) is 0.250. The molecular formula is C20H22ClN3O4. The van der Waals surface area contributed by atoms with Crippen LogP contribution in [0.1, 0.15) is 30.4 Å². The predicted octanol–water partition coefficient (Wildman–Crippen LogP) is 3.62. The largest absolute Gasteiger partial charge is 0.504 e. The maximum atomic E-state index is 12.0.